The molecule has 0 saturated heterocycles. The van der Waals surface area contributed by atoms with Gasteiger partial charge in [0.05, 0.1) is 16.8 Å². The van der Waals surface area contributed by atoms with Crippen molar-refractivity contribution in [3.05, 3.63) is 263 Å². The number of hydrogen-bond donors (Lipinski definition) is 0. The topological polar surface area (TPSA) is 12.5 Å². The van der Waals surface area contributed by atoms with Gasteiger partial charge in [0, 0.05) is 37.7 Å². The van der Waals surface area contributed by atoms with E-state index in [9.17, 15) is 0 Å². The number of hydrogen-bond acceptors (Lipinski definition) is 3. The maximum absolute atomic E-state index is 6.67. The molecule has 4 heteroatoms. The van der Waals surface area contributed by atoms with E-state index in [-0.39, 0.29) is 6.71 Å². The summed E-state index contributed by atoms with van der Waals surface area (Å²) in [5.74, 6) is 2.05. The Labute approximate surface area is 396 Å². The third-order valence-corrected chi connectivity index (χ3v) is 16.9. The van der Waals surface area contributed by atoms with E-state index in [1.165, 1.54) is 98.0 Å². The lowest BCUT2D eigenvalue weighted by Crippen LogP contribution is -2.67. The van der Waals surface area contributed by atoms with Crippen LogP contribution >= 0.6 is 11.3 Å². The Kier molecular flexibility index (Phi) is 8.58. The molecule has 3 aliphatic heterocycles. The molecule has 0 saturated carbocycles. The molecule has 4 heterocycles. The van der Waals surface area contributed by atoms with E-state index < -0.39 is 10.8 Å². The van der Waals surface area contributed by atoms with Crippen LogP contribution in [0.3, 0.4) is 0 Å². The Hall–Kier alpha value is -7.40. The summed E-state index contributed by atoms with van der Waals surface area (Å²) in [4.78, 5) is 2.53. The first-order chi connectivity index (χ1) is 33.1. The van der Waals surface area contributed by atoms with Crippen molar-refractivity contribution in [2.45, 2.75) is 43.4 Å². The summed E-state index contributed by atoms with van der Waals surface area (Å²) in [6.45, 7) is 2.47. The van der Waals surface area contributed by atoms with Crippen molar-refractivity contribution >= 4 is 66.0 Å². The molecular weight excluding hydrogens is 830 g/mol. The number of para-hydroxylation sites is 2. The Bertz CT molecular complexity index is 3610. The first kappa shape index (κ1) is 38.8. The number of thiophene rings is 1. The van der Waals surface area contributed by atoms with Crippen LogP contribution in [0, 0.1) is 0 Å². The molecule has 10 aromatic rings. The van der Waals surface area contributed by atoms with Crippen molar-refractivity contribution in [3.8, 4) is 16.9 Å². The lowest BCUT2D eigenvalue weighted by molar-refractivity contribution is 0.363. The summed E-state index contributed by atoms with van der Waals surface area (Å²) in [5.41, 5.74) is 18.5. The van der Waals surface area contributed by atoms with Crippen molar-refractivity contribution in [1.82, 2.24) is 0 Å². The van der Waals surface area contributed by atoms with E-state index in [0.717, 1.165) is 42.9 Å². The largest absolute Gasteiger partial charge is 0.458 e. The van der Waals surface area contributed by atoms with Gasteiger partial charge in [-0.05, 0) is 107 Å². The zero-order valence-electron chi connectivity index (χ0n) is 37.4. The molecular formula is C63H46BNOS. The van der Waals surface area contributed by atoms with Crippen molar-refractivity contribution in [1.29, 1.82) is 0 Å². The van der Waals surface area contributed by atoms with Gasteiger partial charge in [-0.1, -0.05) is 198 Å². The van der Waals surface area contributed by atoms with Crippen LogP contribution in [0.4, 0.5) is 11.4 Å². The van der Waals surface area contributed by atoms with Gasteiger partial charge in [0.25, 0.3) is 0 Å². The Balaban J connectivity index is 1.10. The number of rotatable bonds is 5. The fraction of sp³-hybridized carbons (Fsp3) is 0.111. The Morgan fingerprint density at radius 1 is 0.522 bits per heavy atom. The van der Waals surface area contributed by atoms with Crippen molar-refractivity contribution in [2.75, 3.05) is 4.90 Å². The summed E-state index contributed by atoms with van der Waals surface area (Å²) >= 11 is 1.91. The van der Waals surface area contributed by atoms with E-state index in [2.05, 4.69) is 224 Å². The molecule has 0 radical (unpaired) electrons. The molecule has 1 atom stereocenters. The molecule has 1 aromatic heterocycles. The van der Waals surface area contributed by atoms with Crippen LogP contribution in [0.2, 0.25) is 0 Å². The standard InChI is InChI=1S/C63H46BNOS/c1-62(42-19-5-2-6-20-42)50-28-18-29-51-60(50)64(53-38-36-45(40-52(53)62)65-55-30-12-14-32-57(55)66-58-33-15-13-31-56(58)65)54-39-41(46-26-17-27-48-47-25-11-16-34-59(47)67-61(46)48)35-37-49(54)63(51,43-21-7-3-8-22-43)44-23-9-4-10-24-44/h2-12,14,16-30,32,34-40H,13,15,31,33H2,1H3. The predicted octanol–water partition coefficient (Wildman–Crippen LogP) is 13.9. The van der Waals surface area contributed by atoms with E-state index in [1.54, 1.807) is 0 Å². The number of nitrogens with zero attached hydrogens (tertiary/aromatic N) is 1. The summed E-state index contributed by atoms with van der Waals surface area (Å²) < 4.78 is 9.34. The second-order valence-corrected chi connectivity index (χ2v) is 20.1. The molecule has 2 nitrogen and oxygen atoms in total. The van der Waals surface area contributed by atoms with Crippen LogP contribution in [0.25, 0.3) is 31.3 Å². The first-order valence-electron chi connectivity index (χ1n) is 23.9. The zero-order chi connectivity index (χ0) is 44.3. The monoisotopic (exact) mass is 875 g/mol. The molecule has 1 unspecified atom stereocenters. The molecule has 0 spiro atoms. The minimum Gasteiger partial charge on any atom is -0.458 e. The van der Waals surface area contributed by atoms with Gasteiger partial charge in [0.2, 0.25) is 6.71 Å². The highest BCUT2D eigenvalue weighted by Crippen LogP contribution is 2.52. The lowest BCUT2D eigenvalue weighted by atomic mass is 9.26. The normalized spacial score (nSPS) is 17.6. The average molecular weight is 876 g/mol. The Morgan fingerprint density at radius 3 is 2.00 bits per heavy atom. The Morgan fingerprint density at radius 2 is 1.19 bits per heavy atom. The quantitative estimate of drug-likeness (QED) is 0.160. The van der Waals surface area contributed by atoms with Crippen molar-refractivity contribution < 1.29 is 4.74 Å². The maximum atomic E-state index is 6.67. The smallest absolute Gasteiger partial charge is 0.242 e. The molecule has 9 aromatic carbocycles. The van der Waals surface area contributed by atoms with Gasteiger partial charge in [-0.25, -0.2) is 0 Å². The minimum atomic E-state index is -0.585. The highest BCUT2D eigenvalue weighted by molar-refractivity contribution is 7.26. The number of fused-ring (bicyclic) bond motifs is 8. The van der Waals surface area contributed by atoms with Gasteiger partial charge in [0.1, 0.15) is 5.76 Å². The van der Waals surface area contributed by atoms with Gasteiger partial charge in [-0.15, -0.1) is 11.3 Å². The van der Waals surface area contributed by atoms with Gasteiger partial charge in [-0.2, -0.15) is 0 Å². The van der Waals surface area contributed by atoms with Crippen LogP contribution in [-0.4, -0.2) is 6.71 Å². The third-order valence-electron chi connectivity index (χ3n) is 15.7. The molecule has 67 heavy (non-hydrogen) atoms. The van der Waals surface area contributed by atoms with E-state index >= 15 is 0 Å². The third kappa shape index (κ3) is 5.45. The second-order valence-electron chi connectivity index (χ2n) is 19.0. The van der Waals surface area contributed by atoms with Crippen LogP contribution in [0.1, 0.15) is 71.6 Å². The molecule has 4 aliphatic rings. The van der Waals surface area contributed by atoms with Crippen LogP contribution in [0.15, 0.2) is 224 Å². The number of benzene rings is 9. The lowest BCUT2D eigenvalue weighted by Gasteiger charge is -2.50. The van der Waals surface area contributed by atoms with Crippen LogP contribution in [0.5, 0.6) is 5.75 Å². The van der Waals surface area contributed by atoms with Crippen LogP contribution < -0.4 is 26.0 Å². The van der Waals surface area contributed by atoms with Gasteiger partial charge < -0.3 is 9.64 Å². The fourth-order valence-electron chi connectivity index (χ4n) is 12.8. The molecule has 318 valence electrons. The molecule has 14 rings (SSSR count). The number of anilines is 2. The highest BCUT2D eigenvalue weighted by atomic mass is 32.1. The zero-order valence-corrected chi connectivity index (χ0v) is 38.2. The van der Waals surface area contributed by atoms with Gasteiger partial charge in [-0.3, -0.25) is 0 Å². The average Bonchev–Trinajstić information content (AvgIpc) is 3.79. The highest BCUT2D eigenvalue weighted by Gasteiger charge is 2.54. The van der Waals surface area contributed by atoms with Gasteiger partial charge >= 0.3 is 0 Å². The summed E-state index contributed by atoms with van der Waals surface area (Å²) in [5, 5.41) is 2.64. The van der Waals surface area contributed by atoms with E-state index in [4.69, 9.17) is 4.74 Å². The summed E-state index contributed by atoms with van der Waals surface area (Å²) in [6.07, 6.45) is 4.27. The summed E-state index contributed by atoms with van der Waals surface area (Å²) in [6, 6.07) is 80.5. The van der Waals surface area contributed by atoms with E-state index in [0.29, 0.717) is 0 Å². The fourth-order valence-corrected chi connectivity index (χ4v) is 14.1. The molecule has 0 N–H and O–H groups in total. The molecule has 0 fully saturated rings. The SMILES string of the molecule is CC1(c2ccccc2)c2cc(N3C4=C(CCCC4)Oc4ccccc43)ccc2B2c3cc(-c4cccc5c4sc4ccccc45)ccc3C(c3ccccc3)(c3ccccc3)c3cccc1c32. The van der Waals surface area contributed by atoms with Crippen LogP contribution in [-0.2, 0) is 10.8 Å². The maximum Gasteiger partial charge on any atom is 0.242 e. The molecule has 0 amide bonds. The predicted molar refractivity (Wildman–Crippen MR) is 281 cm³/mol. The van der Waals surface area contributed by atoms with Crippen molar-refractivity contribution in [2.24, 2.45) is 0 Å². The summed E-state index contributed by atoms with van der Waals surface area (Å²) in [7, 11) is 0. The van der Waals surface area contributed by atoms with Gasteiger partial charge in [0.15, 0.2) is 5.75 Å². The molecule has 0 bridgehead atoms. The first-order valence-corrected chi connectivity index (χ1v) is 24.7. The number of allylic oxidation sites excluding steroid dienone is 2. The number of ether oxygens (including phenoxy) is 1. The van der Waals surface area contributed by atoms with Crippen molar-refractivity contribution in [3.63, 3.8) is 0 Å². The second kappa shape index (κ2) is 14.8. The minimum absolute atomic E-state index is 0.0226. The molecule has 1 aliphatic carbocycles. The van der Waals surface area contributed by atoms with E-state index in [1.807, 2.05) is 11.3 Å².